The number of aryl methyl sites for hydroxylation is 1. The van der Waals surface area contributed by atoms with Crippen LogP contribution in [-0.2, 0) is 0 Å². The van der Waals surface area contributed by atoms with Gasteiger partial charge in [-0.25, -0.2) is 4.98 Å². The second-order valence-corrected chi connectivity index (χ2v) is 8.12. The van der Waals surface area contributed by atoms with Crippen LogP contribution in [0.15, 0.2) is 30.6 Å². The summed E-state index contributed by atoms with van der Waals surface area (Å²) in [6, 6.07) is 6.04. The normalized spacial score (nSPS) is 17.2. The number of hydrogen-bond acceptors (Lipinski definition) is 3. The van der Waals surface area contributed by atoms with E-state index in [1.54, 1.807) is 0 Å². The molecule has 3 aromatic rings. The van der Waals surface area contributed by atoms with E-state index in [0.717, 1.165) is 51.8 Å². The molecule has 2 aromatic heterocycles. The first-order chi connectivity index (χ1) is 11.9. The van der Waals surface area contributed by atoms with E-state index in [-0.39, 0.29) is 0 Å². The van der Waals surface area contributed by atoms with Crippen LogP contribution in [0.25, 0.3) is 22.2 Å². The Morgan fingerprint density at radius 2 is 1.96 bits per heavy atom. The van der Waals surface area contributed by atoms with Gasteiger partial charge in [0.25, 0.3) is 0 Å². The molecule has 0 aliphatic carbocycles. The number of halogens is 1. The Kier molecular flexibility index (Phi) is 3.95. The molecule has 25 heavy (non-hydrogen) atoms. The monoisotopic (exact) mass is 354 g/mol. The van der Waals surface area contributed by atoms with Gasteiger partial charge in [-0.3, -0.25) is 4.98 Å². The summed E-state index contributed by atoms with van der Waals surface area (Å²) in [5, 5.41) is 1.76. The molecule has 0 bridgehead atoms. The van der Waals surface area contributed by atoms with E-state index in [0.29, 0.717) is 5.41 Å². The first kappa shape index (κ1) is 16.4. The highest BCUT2D eigenvalue weighted by Gasteiger charge is 2.26. The Morgan fingerprint density at radius 3 is 2.68 bits per heavy atom. The molecule has 3 heterocycles. The number of benzene rings is 1. The number of aromatic nitrogens is 3. The van der Waals surface area contributed by atoms with E-state index in [4.69, 9.17) is 21.6 Å². The van der Waals surface area contributed by atoms with Crippen LogP contribution in [0.1, 0.15) is 32.4 Å². The molecular weight excluding hydrogens is 332 g/mol. The first-order valence-electron chi connectivity index (χ1n) is 8.79. The van der Waals surface area contributed by atoms with E-state index in [1.165, 1.54) is 12.8 Å². The number of hydrogen-bond donors (Lipinski definition) is 1. The molecule has 0 atom stereocenters. The van der Waals surface area contributed by atoms with Crippen molar-refractivity contribution in [1.82, 2.24) is 15.0 Å². The molecule has 0 saturated carbocycles. The summed E-state index contributed by atoms with van der Waals surface area (Å²) in [6.07, 6.45) is 6.18. The Bertz CT molecular complexity index is 919. The Labute approximate surface area is 153 Å². The number of anilines is 1. The van der Waals surface area contributed by atoms with Crippen LogP contribution in [0.3, 0.4) is 0 Å². The van der Waals surface area contributed by atoms with E-state index in [2.05, 4.69) is 29.8 Å². The largest absolute Gasteiger partial charge is 0.361 e. The molecule has 0 spiro atoms. The zero-order valence-corrected chi connectivity index (χ0v) is 15.7. The van der Waals surface area contributed by atoms with E-state index >= 15 is 0 Å². The molecule has 4 rings (SSSR count). The average molecular weight is 355 g/mol. The standard InChI is InChI=1S/C20H23ClN4/c1-13-19(14-10-16(21)15-4-7-22-17(15)11-14)23-12-18(24-13)25-8-5-20(2,3)6-9-25/h4,7,10-12,22H,5-6,8-9H2,1-3H3. The van der Waals surface area contributed by atoms with Gasteiger partial charge in [0, 0.05) is 35.8 Å². The van der Waals surface area contributed by atoms with Crippen molar-refractivity contribution in [1.29, 1.82) is 0 Å². The van der Waals surface area contributed by atoms with E-state index in [9.17, 15) is 0 Å². The molecule has 1 aliphatic rings. The molecular formula is C20H23ClN4. The van der Waals surface area contributed by atoms with Crippen LogP contribution in [0, 0.1) is 12.3 Å². The summed E-state index contributed by atoms with van der Waals surface area (Å²) in [5.41, 5.74) is 4.27. The van der Waals surface area contributed by atoms with Gasteiger partial charge in [0.05, 0.1) is 22.6 Å². The highest BCUT2D eigenvalue weighted by Crippen LogP contribution is 2.33. The predicted molar refractivity (Wildman–Crippen MR) is 104 cm³/mol. The third kappa shape index (κ3) is 3.11. The van der Waals surface area contributed by atoms with Crippen molar-refractivity contribution in [3.8, 4) is 11.3 Å². The van der Waals surface area contributed by atoms with Crippen molar-refractivity contribution in [2.24, 2.45) is 5.41 Å². The summed E-state index contributed by atoms with van der Waals surface area (Å²) in [5.74, 6) is 0.976. The van der Waals surface area contributed by atoms with Gasteiger partial charge in [0.2, 0.25) is 0 Å². The molecule has 1 saturated heterocycles. The molecule has 1 fully saturated rings. The summed E-state index contributed by atoms with van der Waals surface area (Å²) in [4.78, 5) is 15.1. The second kappa shape index (κ2) is 6.03. The van der Waals surface area contributed by atoms with Crippen molar-refractivity contribution in [3.63, 3.8) is 0 Å². The molecule has 1 aliphatic heterocycles. The predicted octanol–water partition coefficient (Wildman–Crippen LogP) is 5.21. The van der Waals surface area contributed by atoms with Gasteiger partial charge >= 0.3 is 0 Å². The van der Waals surface area contributed by atoms with Gasteiger partial charge in [0.1, 0.15) is 5.82 Å². The first-order valence-corrected chi connectivity index (χ1v) is 9.16. The topological polar surface area (TPSA) is 44.8 Å². The van der Waals surface area contributed by atoms with Crippen molar-refractivity contribution in [3.05, 3.63) is 41.3 Å². The minimum absolute atomic E-state index is 0.432. The number of fused-ring (bicyclic) bond motifs is 1. The minimum atomic E-state index is 0.432. The van der Waals surface area contributed by atoms with Crippen molar-refractivity contribution < 1.29 is 0 Å². The SMILES string of the molecule is Cc1nc(N2CCC(C)(C)CC2)cnc1-c1cc(Cl)c2cc[nH]c2c1. The van der Waals surface area contributed by atoms with Crippen LogP contribution < -0.4 is 4.90 Å². The molecule has 5 heteroatoms. The Morgan fingerprint density at radius 1 is 1.20 bits per heavy atom. The van der Waals surface area contributed by atoms with Crippen molar-refractivity contribution in [2.75, 3.05) is 18.0 Å². The van der Waals surface area contributed by atoms with E-state index < -0.39 is 0 Å². The number of aromatic amines is 1. The third-order valence-corrected chi connectivity index (χ3v) is 5.58. The summed E-state index contributed by atoms with van der Waals surface area (Å²) in [7, 11) is 0. The maximum absolute atomic E-state index is 6.41. The lowest BCUT2D eigenvalue weighted by Crippen LogP contribution is -2.37. The maximum Gasteiger partial charge on any atom is 0.147 e. The third-order valence-electron chi connectivity index (χ3n) is 5.27. The maximum atomic E-state index is 6.41. The fraction of sp³-hybridized carbons (Fsp3) is 0.400. The van der Waals surface area contributed by atoms with Crippen LogP contribution in [0.5, 0.6) is 0 Å². The lowest BCUT2D eigenvalue weighted by Gasteiger charge is -2.37. The molecule has 4 nitrogen and oxygen atoms in total. The summed E-state index contributed by atoms with van der Waals surface area (Å²) < 4.78 is 0. The van der Waals surface area contributed by atoms with Crippen LogP contribution in [0.2, 0.25) is 5.02 Å². The fourth-order valence-electron chi connectivity index (χ4n) is 3.50. The van der Waals surface area contributed by atoms with Crippen molar-refractivity contribution in [2.45, 2.75) is 33.6 Å². The molecule has 0 amide bonds. The zero-order valence-electron chi connectivity index (χ0n) is 14.9. The Balaban J connectivity index is 1.65. The van der Waals surface area contributed by atoms with Crippen LogP contribution in [0.4, 0.5) is 5.82 Å². The van der Waals surface area contributed by atoms with Crippen LogP contribution in [-0.4, -0.2) is 28.0 Å². The van der Waals surface area contributed by atoms with Gasteiger partial charge < -0.3 is 9.88 Å². The Hall–Kier alpha value is -2.07. The van der Waals surface area contributed by atoms with Gasteiger partial charge in [-0.2, -0.15) is 0 Å². The molecule has 0 unspecified atom stereocenters. The minimum Gasteiger partial charge on any atom is -0.361 e. The van der Waals surface area contributed by atoms with Gasteiger partial charge in [0.15, 0.2) is 0 Å². The van der Waals surface area contributed by atoms with Gasteiger partial charge in [-0.05, 0) is 43.4 Å². The number of nitrogens with one attached hydrogen (secondary N) is 1. The van der Waals surface area contributed by atoms with Crippen molar-refractivity contribution >= 4 is 28.3 Å². The second-order valence-electron chi connectivity index (χ2n) is 7.71. The molecule has 130 valence electrons. The highest BCUT2D eigenvalue weighted by molar-refractivity contribution is 6.35. The van der Waals surface area contributed by atoms with E-state index in [1.807, 2.05) is 31.5 Å². The molecule has 0 radical (unpaired) electrons. The fourth-order valence-corrected chi connectivity index (χ4v) is 3.79. The van der Waals surface area contributed by atoms with Gasteiger partial charge in [-0.1, -0.05) is 25.4 Å². The van der Waals surface area contributed by atoms with Crippen LogP contribution >= 0.6 is 11.6 Å². The zero-order chi connectivity index (χ0) is 17.6. The average Bonchev–Trinajstić information content (AvgIpc) is 3.04. The summed E-state index contributed by atoms with van der Waals surface area (Å²) >= 11 is 6.41. The smallest absolute Gasteiger partial charge is 0.147 e. The number of nitrogens with zero attached hydrogens (tertiary/aromatic N) is 3. The number of rotatable bonds is 2. The van der Waals surface area contributed by atoms with Gasteiger partial charge in [-0.15, -0.1) is 0 Å². The molecule has 1 aromatic carbocycles. The number of H-pyrrole nitrogens is 1. The highest BCUT2D eigenvalue weighted by atomic mass is 35.5. The summed E-state index contributed by atoms with van der Waals surface area (Å²) in [6.45, 7) is 8.78. The lowest BCUT2D eigenvalue weighted by atomic mass is 9.83. The quantitative estimate of drug-likeness (QED) is 0.686. The molecule has 1 N–H and O–H groups in total. The lowest BCUT2D eigenvalue weighted by molar-refractivity contribution is 0.279. The number of piperidine rings is 1.